The van der Waals surface area contributed by atoms with Crippen molar-refractivity contribution in [3.8, 4) is 17.1 Å². The Morgan fingerprint density at radius 3 is 2.56 bits per heavy atom. The number of rotatable bonds is 7. The molecule has 0 radical (unpaired) electrons. The molecule has 0 amide bonds. The van der Waals surface area contributed by atoms with E-state index in [2.05, 4.69) is 48.4 Å². The van der Waals surface area contributed by atoms with Crippen molar-refractivity contribution in [2.24, 2.45) is 0 Å². The lowest BCUT2D eigenvalue weighted by Crippen LogP contribution is -3.06. The minimum atomic E-state index is 0.645. The third kappa shape index (κ3) is 4.45. The average Bonchev–Trinajstić information content (AvgIpc) is 3.10. The molecule has 3 aromatic rings. The molecular formula is C20H24N3O2+. The van der Waals surface area contributed by atoms with Crippen molar-refractivity contribution in [1.29, 1.82) is 0 Å². The highest BCUT2D eigenvalue weighted by molar-refractivity contribution is 5.54. The van der Waals surface area contributed by atoms with E-state index in [-0.39, 0.29) is 0 Å². The lowest BCUT2D eigenvalue weighted by Gasteiger charge is -2.12. The number of methoxy groups -OCH3 is 1. The topological polar surface area (TPSA) is 52.6 Å². The van der Waals surface area contributed by atoms with E-state index in [1.165, 1.54) is 16.0 Å². The predicted octanol–water partition coefficient (Wildman–Crippen LogP) is 2.52. The fraction of sp³-hybridized carbons (Fsp3) is 0.300. The number of benzene rings is 2. The smallest absolute Gasteiger partial charge is 0.282 e. The number of nitrogens with one attached hydrogen (secondary N) is 1. The molecule has 0 bridgehead atoms. The molecule has 5 heteroatoms. The van der Waals surface area contributed by atoms with Crippen LogP contribution < -0.4 is 9.64 Å². The molecule has 25 heavy (non-hydrogen) atoms. The summed E-state index contributed by atoms with van der Waals surface area (Å²) < 4.78 is 10.7. The summed E-state index contributed by atoms with van der Waals surface area (Å²) in [5.74, 6) is 2.17. The second kappa shape index (κ2) is 7.94. The second-order valence-corrected chi connectivity index (χ2v) is 6.22. The van der Waals surface area contributed by atoms with Crippen molar-refractivity contribution < 1.29 is 14.2 Å². The SMILES string of the molecule is CCc1ccc(-c2noc(C[NH+](C)Cc3cccc(OC)c3)n2)cc1. The lowest BCUT2D eigenvalue weighted by molar-refractivity contribution is -0.909. The maximum Gasteiger partial charge on any atom is 0.282 e. The van der Waals surface area contributed by atoms with Crippen LogP contribution in [-0.2, 0) is 19.5 Å². The zero-order valence-corrected chi connectivity index (χ0v) is 15.0. The van der Waals surface area contributed by atoms with Crippen LogP contribution in [0.5, 0.6) is 5.75 Å². The zero-order valence-electron chi connectivity index (χ0n) is 15.0. The molecule has 0 aliphatic carbocycles. The van der Waals surface area contributed by atoms with Gasteiger partial charge in [-0.1, -0.05) is 48.5 Å². The Kier molecular flexibility index (Phi) is 5.46. The molecular weight excluding hydrogens is 314 g/mol. The summed E-state index contributed by atoms with van der Waals surface area (Å²) in [5, 5.41) is 4.11. The van der Waals surface area contributed by atoms with Crippen molar-refractivity contribution in [3.63, 3.8) is 0 Å². The van der Waals surface area contributed by atoms with Gasteiger partial charge < -0.3 is 14.2 Å². The van der Waals surface area contributed by atoms with E-state index in [1.807, 2.05) is 24.3 Å². The van der Waals surface area contributed by atoms with Crippen LogP contribution in [0.4, 0.5) is 0 Å². The van der Waals surface area contributed by atoms with Crippen LogP contribution >= 0.6 is 0 Å². The Hall–Kier alpha value is -2.66. The minimum Gasteiger partial charge on any atom is -0.497 e. The predicted molar refractivity (Wildman–Crippen MR) is 96.4 cm³/mol. The summed E-state index contributed by atoms with van der Waals surface area (Å²) in [6, 6.07) is 16.4. The highest BCUT2D eigenvalue weighted by Gasteiger charge is 2.13. The first-order valence-electron chi connectivity index (χ1n) is 8.54. The number of hydrogen-bond donors (Lipinski definition) is 1. The molecule has 1 atom stereocenters. The zero-order chi connectivity index (χ0) is 17.6. The summed E-state index contributed by atoms with van der Waals surface area (Å²) in [6.45, 7) is 3.68. The van der Waals surface area contributed by atoms with Crippen LogP contribution in [0.1, 0.15) is 23.9 Å². The van der Waals surface area contributed by atoms with Gasteiger partial charge in [0.25, 0.3) is 5.89 Å². The normalized spacial score (nSPS) is 12.1. The molecule has 0 saturated heterocycles. The number of ether oxygens (including phenoxy) is 1. The van der Waals surface area contributed by atoms with Crippen LogP contribution in [0.15, 0.2) is 53.1 Å². The summed E-state index contributed by atoms with van der Waals surface area (Å²) in [6.07, 6.45) is 1.02. The molecule has 0 aliphatic rings. The van der Waals surface area contributed by atoms with Gasteiger partial charge in [-0.25, -0.2) is 0 Å². The van der Waals surface area contributed by atoms with Crippen LogP contribution in [0, 0.1) is 0 Å². The Bertz CT molecular complexity index is 812. The quantitative estimate of drug-likeness (QED) is 0.719. The fourth-order valence-corrected chi connectivity index (χ4v) is 2.78. The van der Waals surface area contributed by atoms with Crippen LogP contribution in [0.2, 0.25) is 0 Å². The van der Waals surface area contributed by atoms with E-state index in [4.69, 9.17) is 9.26 Å². The second-order valence-electron chi connectivity index (χ2n) is 6.22. The first-order valence-corrected chi connectivity index (χ1v) is 8.54. The van der Waals surface area contributed by atoms with E-state index < -0.39 is 0 Å². The maximum absolute atomic E-state index is 5.42. The molecule has 0 saturated carbocycles. The average molecular weight is 338 g/mol. The summed E-state index contributed by atoms with van der Waals surface area (Å²) in [5.41, 5.74) is 3.50. The third-order valence-corrected chi connectivity index (χ3v) is 4.18. The highest BCUT2D eigenvalue weighted by Crippen LogP contribution is 2.16. The van der Waals surface area contributed by atoms with Crippen molar-refractivity contribution in [3.05, 3.63) is 65.5 Å². The van der Waals surface area contributed by atoms with Gasteiger partial charge in [-0.15, -0.1) is 0 Å². The van der Waals surface area contributed by atoms with E-state index >= 15 is 0 Å². The number of hydrogen-bond acceptors (Lipinski definition) is 4. The number of nitrogens with zero attached hydrogens (tertiary/aromatic N) is 2. The molecule has 0 aliphatic heterocycles. The lowest BCUT2D eigenvalue weighted by atomic mass is 10.1. The molecule has 1 heterocycles. The van der Waals surface area contributed by atoms with Gasteiger partial charge in [-0.05, 0) is 24.1 Å². The molecule has 0 spiro atoms. The highest BCUT2D eigenvalue weighted by atomic mass is 16.5. The van der Waals surface area contributed by atoms with Gasteiger partial charge in [0, 0.05) is 11.1 Å². The van der Waals surface area contributed by atoms with Gasteiger partial charge in [0.15, 0.2) is 6.54 Å². The van der Waals surface area contributed by atoms with Crippen molar-refractivity contribution >= 4 is 0 Å². The molecule has 5 nitrogen and oxygen atoms in total. The fourth-order valence-electron chi connectivity index (χ4n) is 2.78. The largest absolute Gasteiger partial charge is 0.497 e. The monoisotopic (exact) mass is 338 g/mol. The van der Waals surface area contributed by atoms with E-state index in [0.29, 0.717) is 18.3 Å². The van der Waals surface area contributed by atoms with Gasteiger partial charge in [-0.2, -0.15) is 4.98 Å². The molecule has 2 aromatic carbocycles. The van der Waals surface area contributed by atoms with Crippen LogP contribution in [0.25, 0.3) is 11.4 Å². The molecule has 1 unspecified atom stereocenters. The minimum absolute atomic E-state index is 0.645. The van der Waals surface area contributed by atoms with Gasteiger partial charge in [-0.3, -0.25) is 0 Å². The number of aryl methyl sites for hydroxylation is 1. The standard InChI is InChI=1S/C20H23N3O2/c1-4-15-8-10-17(11-9-15)20-21-19(25-22-20)14-23(2)13-16-6-5-7-18(12-16)24-3/h5-12H,4,13-14H2,1-3H3/p+1. The number of quaternary nitrogens is 1. The Morgan fingerprint density at radius 1 is 1.04 bits per heavy atom. The van der Waals surface area contributed by atoms with Crippen molar-refractivity contribution in [2.45, 2.75) is 26.4 Å². The molecule has 3 rings (SSSR count). The van der Waals surface area contributed by atoms with Gasteiger partial charge in [0.2, 0.25) is 5.82 Å². The van der Waals surface area contributed by atoms with E-state index in [9.17, 15) is 0 Å². The van der Waals surface area contributed by atoms with E-state index in [1.54, 1.807) is 7.11 Å². The van der Waals surface area contributed by atoms with Crippen LogP contribution in [0.3, 0.4) is 0 Å². The molecule has 0 fully saturated rings. The van der Waals surface area contributed by atoms with Gasteiger partial charge >= 0.3 is 0 Å². The molecule has 130 valence electrons. The summed E-state index contributed by atoms with van der Waals surface area (Å²) in [7, 11) is 3.79. The summed E-state index contributed by atoms with van der Waals surface area (Å²) >= 11 is 0. The Labute approximate surface area is 148 Å². The Balaban J connectivity index is 1.63. The molecule has 1 N–H and O–H groups in total. The Morgan fingerprint density at radius 2 is 1.84 bits per heavy atom. The van der Waals surface area contributed by atoms with Gasteiger partial charge in [0.1, 0.15) is 12.3 Å². The third-order valence-electron chi connectivity index (χ3n) is 4.18. The number of aromatic nitrogens is 2. The van der Waals surface area contributed by atoms with Crippen molar-refractivity contribution in [2.75, 3.05) is 14.2 Å². The van der Waals surface area contributed by atoms with Crippen molar-refractivity contribution in [1.82, 2.24) is 10.1 Å². The summed E-state index contributed by atoms with van der Waals surface area (Å²) in [4.78, 5) is 5.80. The van der Waals surface area contributed by atoms with Crippen LogP contribution in [-0.4, -0.2) is 24.3 Å². The first kappa shape index (κ1) is 17.2. The first-order chi connectivity index (χ1) is 12.2. The van der Waals surface area contributed by atoms with E-state index in [0.717, 1.165) is 24.3 Å². The maximum atomic E-state index is 5.42. The molecule has 1 aromatic heterocycles. The van der Waals surface area contributed by atoms with Gasteiger partial charge in [0.05, 0.1) is 14.2 Å².